The summed E-state index contributed by atoms with van der Waals surface area (Å²) in [5, 5.41) is 9.98. The summed E-state index contributed by atoms with van der Waals surface area (Å²) in [6.07, 6.45) is 2.12. The number of carbonyl (C=O) groups is 2. The summed E-state index contributed by atoms with van der Waals surface area (Å²) in [6.45, 7) is 2.05. The zero-order chi connectivity index (χ0) is 20.8. The van der Waals surface area contributed by atoms with Gasteiger partial charge >= 0.3 is 0 Å². The second-order valence-corrected chi connectivity index (χ2v) is 7.06. The molecule has 150 valence electrons. The van der Waals surface area contributed by atoms with E-state index in [2.05, 4.69) is 15.7 Å². The molecule has 2 amide bonds. The summed E-state index contributed by atoms with van der Waals surface area (Å²) in [5.74, 6) is 0.321. The van der Waals surface area contributed by atoms with Crippen molar-refractivity contribution in [2.45, 2.75) is 19.9 Å². The van der Waals surface area contributed by atoms with Crippen molar-refractivity contribution in [2.75, 3.05) is 29.6 Å². The maximum absolute atomic E-state index is 12.3. The zero-order valence-corrected chi connectivity index (χ0v) is 16.8. The lowest BCUT2D eigenvalue weighted by Gasteiger charge is -2.12. The Labute approximate surface area is 170 Å². The second-order valence-electron chi connectivity index (χ2n) is 7.06. The molecule has 0 bridgehead atoms. The van der Waals surface area contributed by atoms with Crippen molar-refractivity contribution in [1.29, 1.82) is 0 Å². The highest BCUT2D eigenvalue weighted by Gasteiger charge is 2.07. The number of hydrogen-bond donors (Lipinski definition) is 2. The van der Waals surface area contributed by atoms with Crippen molar-refractivity contribution in [3.63, 3.8) is 0 Å². The molecule has 0 radical (unpaired) electrons. The molecular weight excluding hydrogens is 366 g/mol. The summed E-state index contributed by atoms with van der Waals surface area (Å²) < 4.78 is 1.76. The molecule has 0 atom stereocenters. The van der Waals surface area contributed by atoms with Gasteiger partial charge in [-0.15, -0.1) is 0 Å². The molecule has 0 aliphatic rings. The van der Waals surface area contributed by atoms with Gasteiger partial charge in [-0.1, -0.05) is 24.3 Å². The minimum atomic E-state index is -0.104. The highest BCUT2D eigenvalue weighted by molar-refractivity contribution is 5.91. The highest BCUT2D eigenvalue weighted by Crippen LogP contribution is 2.14. The van der Waals surface area contributed by atoms with Crippen molar-refractivity contribution < 1.29 is 9.59 Å². The molecule has 0 saturated carbocycles. The summed E-state index contributed by atoms with van der Waals surface area (Å²) >= 11 is 0. The molecule has 0 aliphatic heterocycles. The Bertz CT molecular complexity index is 975. The van der Waals surface area contributed by atoms with Crippen LogP contribution in [0.2, 0.25) is 0 Å². The molecule has 0 spiro atoms. The lowest BCUT2D eigenvalue weighted by molar-refractivity contribution is -0.116. The molecule has 0 unspecified atom stereocenters. The van der Waals surface area contributed by atoms with Gasteiger partial charge < -0.3 is 15.5 Å². The van der Waals surface area contributed by atoms with E-state index < -0.39 is 0 Å². The van der Waals surface area contributed by atoms with Crippen LogP contribution in [-0.4, -0.2) is 35.7 Å². The van der Waals surface area contributed by atoms with E-state index in [1.54, 1.807) is 10.7 Å². The molecule has 2 N–H and O–H groups in total. The van der Waals surface area contributed by atoms with Crippen molar-refractivity contribution in [3.05, 3.63) is 71.9 Å². The average Bonchev–Trinajstić information content (AvgIpc) is 3.10. The molecule has 0 aliphatic carbocycles. The van der Waals surface area contributed by atoms with Crippen LogP contribution in [0.25, 0.3) is 0 Å². The first-order chi connectivity index (χ1) is 13.9. The first-order valence-corrected chi connectivity index (χ1v) is 9.35. The molecule has 0 fully saturated rings. The van der Waals surface area contributed by atoms with Crippen LogP contribution in [-0.2, 0) is 22.6 Å². The Morgan fingerprint density at radius 3 is 2.21 bits per heavy atom. The molecule has 7 heteroatoms. The summed E-state index contributed by atoms with van der Waals surface area (Å²) in [7, 11) is 3.96. The topological polar surface area (TPSA) is 79.3 Å². The van der Waals surface area contributed by atoms with Crippen LogP contribution in [0.4, 0.5) is 17.2 Å². The molecule has 29 heavy (non-hydrogen) atoms. The lowest BCUT2D eigenvalue weighted by atomic mass is 10.1. The van der Waals surface area contributed by atoms with Crippen LogP contribution < -0.4 is 15.5 Å². The number of benzene rings is 2. The Kier molecular flexibility index (Phi) is 6.29. The van der Waals surface area contributed by atoms with Crippen LogP contribution in [0.3, 0.4) is 0 Å². The lowest BCUT2D eigenvalue weighted by Crippen LogP contribution is -2.15. The maximum Gasteiger partial charge on any atom is 0.229 e. The van der Waals surface area contributed by atoms with E-state index in [0.717, 1.165) is 22.5 Å². The summed E-state index contributed by atoms with van der Waals surface area (Å²) in [6, 6.07) is 17.2. The van der Waals surface area contributed by atoms with Gasteiger partial charge in [-0.2, -0.15) is 5.10 Å². The number of amides is 2. The number of hydrogen-bond acceptors (Lipinski definition) is 4. The van der Waals surface area contributed by atoms with Crippen LogP contribution in [0.5, 0.6) is 0 Å². The van der Waals surface area contributed by atoms with Gasteiger partial charge in [0, 0.05) is 44.7 Å². The van der Waals surface area contributed by atoms with Crippen LogP contribution in [0.1, 0.15) is 18.1 Å². The van der Waals surface area contributed by atoms with E-state index in [1.165, 1.54) is 6.92 Å². The van der Waals surface area contributed by atoms with E-state index >= 15 is 0 Å². The Hall–Kier alpha value is -3.61. The number of rotatable bonds is 7. The number of carbonyl (C=O) groups excluding carboxylic acids is 2. The monoisotopic (exact) mass is 391 g/mol. The van der Waals surface area contributed by atoms with Gasteiger partial charge in [-0.05, 0) is 35.4 Å². The van der Waals surface area contributed by atoms with E-state index in [1.807, 2.05) is 73.7 Å². The van der Waals surface area contributed by atoms with Gasteiger partial charge in [-0.25, -0.2) is 0 Å². The van der Waals surface area contributed by atoms with Crippen molar-refractivity contribution in [3.8, 4) is 0 Å². The van der Waals surface area contributed by atoms with Gasteiger partial charge in [-0.3, -0.25) is 14.3 Å². The molecule has 0 saturated heterocycles. The number of anilines is 3. The molecule has 1 aromatic heterocycles. The van der Waals surface area contributed by atoms with Crippen molar-refractivity contribution in [1.82, 2.24) is 9.78 Å². The standard InChI is InChI=1S/C22H25N5O2/c1-16(28)23-19-8-4-18(5-9-19)15-27-13-12-21(25-27)24-22(29)14-17-6-10-20(11-7-17)26(2)3/h4-13H,14-15H2,1-3H3,(H,23,28)(H,24,25,29). The number of aromatic nitrogens is 2. The Morgan fingerprint density at radius 1 is 0.931 bits per heavy atom. The fourth-order valence-electron chi connectivity index (χ4n) is 2.88. The molecule has 3 aromatic rings. The highest BCUT2D eigenvalue weighted by atomic mass is 16.2. The first-order valence-electron chi connectivity index (χ1n) is 9.35. The molecule has 3 rings (SSSR count). The molecule has 2 aromatic carbocycles. The minimum Gasteiger partial charge on any atom is -0.378 e. The summed E-state index contributed by atoms with van der Waals surface area (Å²) in [4.78, 5) is 25.4. The van der Waals surface area contributed by atoms with Gasteiger partial charge in [0.05, 0.1) is 13.0 Å². The Morgan fingerprint density at radius 2 is 1.59 bits per heavy atom. The SMILES string of the molecule is CC(=O)Nc1ccc(Cn2ccc(NC(=O)Cc3ccc(N(C)C)cc3)n2)cc1. The van der Waals surface area contributed by atoms with Gasteiger partial charge in [0.1, 0.15) is 0 Å². The first kappa shape index (κ1) is 20.1. The third-order valence-corrected chi connectivity index (χ3v) is 4.34. The van der Waals surface area contributed by atoms with E-state index in [-0.39, 0.29) is 11.8 Å². The largest absolute Gasteiger partial charge is 0.378 e. The third-order valence-electron chi connectivity index (χ3n) is 4.34. The fraction of sp³-hybridized carbons (Fsp3) is 0.227. The molecular formula is C22H25N5O2. The van der Waals surface area contributed by atoms with Gasteiger partial charge in [0.25, 0.3) is 0 Å². The van der Waals surface area contributed by atoms with E-state index in [0.29, 0.717) is 18.8 Å². The fourth-order valence-corrected chi connectivity index (χ4v) is 2.88. The van der Waals surface area contributed by atoms with E-state index in [9.17, 15) is 9.59 Å². The molecule has 1 heterocycles. The second kappa shape index (κ2) is 9.05. The third kappa shape index (κ3) is 5.93. The van der Waals surface area contributed by atoms with Gasteiger partial charge in [0.15, 0.2) is 5.82 Å². The Balaban J connectivity index is 1.54. The predicted octanol–water partition coefficient (Wildman–Crippen LogP) is 3.14. The van der Waals surface area contributed by atoms with E-state index in [4.69, 9.17) is 0 Å². The van der Waals surface area contributed by atoms with Crippen LogP contribution in [0, 0.1) is 0 Å². The quantitative estimate of drug-likeness (QED) is 0.649. The normalized spacial score (nSPS) is 10.4. The minimum absolute atomic E-state index is 0.0983. The smallest absolute Gasteiger partial charge is 0.229 e. The van der Waals surface area contributed by atoms with Crippen LogP contribution >= 0.6 is 0 Å². The summed E-state index contributed by atoms with van der Waals surface area (Å²) in [5.41, 5.74) is 3.85. The maximum atomic E-state index is 12.3. The van der Waals surface area contributed by atoms with Crippen molar-refractivity contribution in [2.24, 2.45) is 0 Å². The van der Waals surface area contributed by atoms with Gasteiger partial charge in [0.2, 0.25) is 11.8 Å². The molecule has 7 nitrogen and oxygen atoms in total. The predicted molar refractivity (Wildman–Crippen MR) is 115 cm³/mol. The number of nitrogens with zero attached hydrogens (tertiary/aromatic N) is 3. The van der Waals surface area contributed by atoms with Crippen LogP contribution in [0.15, 0.2) is 60.8 Å². The average molecular weight is 391 g/mol. The van der Waals surface area contributed by atoms with Crippen molar-refractivity contribution >= 4 is 29.0 Å². The number of nitrogens with one attached hydrogen (secondary N) is 2. The zero-order valence-electron chi connectivity index (χ0n) is 16.8.